The number of nitrogens with zero attached hydrogens (tertiary/aromatic N) is 4. The summed E-state index contributed by atoms with van der Waals surface area (Å²) in [5.41, 5.74) is 8.81. The molecular weight excluding hydrogens is 316 g/mol. The molecule has 1 amide bonds. The van der Waals surface area contributed by atoms with Gasteiger partial charge in [0.05, 0.1) is 0 Å². The number of H-pyrrole nitrogens is 1. The molecule has 0 saturated carbocycles. The fourth-order valence-corrected chi connectivity index (χ4v) is 2.98. The van der Waals surface area contributed by atoms with Crippen molar-refractivity contribution in [2.75, 3.05) is 36.8 Å². The van der Waals surface area contributed by atoms with Gasteiger partial charge in [0.1, 0.15) is 11.5 Å². The van der Waals surface area contributed by atoms with Crippen LogP contribution in [0.2, 0.25) is 0 Å². The van der Waals surface area contributed by atoms with Gasteiger partial charge in [-0.1, -0.05) is 19.2 Å². The second-order valence-corrected chi connectivity index (χ2v) is 5.97. The van der Waals surface area contributed by atoms with Gasteiger partial charge < -0.3 is 20.5 Å². The minimum Gasteiger partial charge on any atom is -0.368 e. The maximum Gasteiger partial charge on any atom is 0.270 e. The number of nitrogens with one attached hydrogen (secondary N) is 1. The lowest BCUT2D eigenvalue weighted by Gasteiger charge is -2.35. The first-order chi connectivity index (χ1) is 12.0. The van der Waals surface area contributed by atoms with E-state index in [2.05, 4.69) is 33.0 Å². The van der Waals surface area contributed by atoms with Crippen LogP contribution in [0.3, 0.4) is 0 Å². The Bertz CT molecular complexity index is 771. The van der Waals surface area contributed by atoms with Crippen LogP contribution in [0.15, 0.2) is 25.3 Å². The van der Waals surface area contributed by atoms with E-state index in [1.807, 2.05) is 24.0 Å². The van der Waals surface area contributed by atoms with E-state index < -0.39 is 0 Å². The van der Waals surface area contributed by atoms with E-state index >= 15 is 0 Å². The van der Waals surface area contributed by atoms with Crippen LogP contribution < -0.4 is 10.6 Å². The second-order valence-electron chi connectivity index (χ2n) is 5.97. The monoisotopic (exact) mass is 338 g/mol. The van der Waals surface area contributed by atoms with Crippen LogP contribution in [0, 0.1) is 6.92 Å². The Morgan fingerprint density at radius 1 is 1.20 bits per heavy atom. The van der Waals surface area contributed by atoms with Gasteiger partial charge in [-0.25, -0.2) is 4.98 Å². The van der Waals surface area contributed by atoms with E-state index in [4.69, 9.17) is 5.73 Å². The topological polar surface area (TPSA) is 91.1 Å². The summed E-state index contributed by atoms with van der Waals surface area (Å²) < 4.78 is 0. The number of hydrogen-bond acceptors (Lipinski definition) is 5. The number of rotatable bonds is 4. The molecule has 0 unspecified atom stereocenters. The molecule has 2 aromatic heterocycles. The summed E-state index contributed by atoms with van der Waals surface area (Å²) in [5.74, 6) is 1.06. The van der Waals surface area contributed by atoms with Gasteiger partial charge in [0.2, 0.25) is 5.95 Å². The lowest BCUT2D eigenvalue weighted by molar-refractivity contribution is 0.0741. The van der Waals surface area contributed by atoms with Crippen LogP contribution in [-0.4, -0.2) is 51.9 Å². The van der Waals surface area contributed by atoms with Crippen molar-refractivity contribution < 1.29 is 4.79 Å². The standard InChI is InChI=1S/C18H22N6O/c1-4-13-11-15(21-14(13)5-2)17(25)24-8-6-23(7-9-24)16-10-12(3)20-18(19)22-16/h4-5,10-11,21H,1-2,6-9H2,3H3,(H2,19,20,22). The highest BCUT2D eigenvalue weighted by Crippen LogP contribution is 2.19. The quantitative estimate of drug-likeness (QED) is 0.889. The number of amides is 1. The summed E-state index contributed by atoms with van der Waals surface area (Å²) in [5, 5.41) is 0. The maximum absolute atomic E-state index is 12.7. The summed E-state index contributed by atoms with van der Waals surface area (Å²) >= 11 is 0. The van der Waals surface area contributed by atoms with Crippen molar-refractivity contribution in [1.29, 1.82) is 0 Å². The molecule has 0 atom stereocenters. The molecule has 0 aromatic carbocycles. The summed E-state index contributed by atoms with van der Waals surface area (Å²) in [6.45, 7) is 12.0. The zero-order chi connectivity index (χ0) is 18.0. The minimum absolute atomic E-state index is 0.0192. The van der Waals surface area contributed by atoms with E-state index in [0.29, 0.717) is 31.9 Å². The van der Waals surface area contributed by atoms with Gasteiger partial charge in [-0.15, -0.1) is 0 Å². The Labute approximate surface area is 146 Å². The number of carbonyl (C=O) groups excluding carboxylic acids is 1. The summed E-state index contributed by atoms with van der Waals surface area (Å²) in [7, 11) is 0. The van der Waals surface area contributed by atoms with Crippen LogP contribution in [0.25, 0.3) is 12.2 Å². The number of aromatic nitrogens is 3. The lowest BCUT2D eigenvalue weighted by atomic mass is 10.2. The van der Waals surface area contributed by atoms with Crippen molar-refractivity contribution in [1.82, 2.24) is 19.9 Å². The molecule has 1 fully saturated rings. The van der Waals surface area contributed by atoms with Gasteiger partial charge in [-0.2, -0.15) is 4.98 Å². The Kier molecular flexibility index (Phi) is 4.56. The van der Waals surface area contributed by atoms with Crippen molar-refractivity contribution in [2.45, 2.75) is 6.92 Å². The number of carbonyl (C=O) groups is 1. The Balaban J connectivity index is 1.69. The largest absolute Gasteiger partial charge is 0.368 e. The highest BCUT2D eigenvalue weighted by Gasteiger charge is 2.24. The highest BCUT2D eigenvalue weighted by atomic mass is 16.2. The average Bonchev–Trinajstić information content (AvgIpc) is 3.04. The van der Waals surface area contributed by atoms with Crippen molar-refractivity contribution in [3.63, 3.8) is 0 Å². The first kappa shape index (κ1) is 16.8. The van der Waals surface area contributed by atoms with Gasteiger partial charge in [0.25, 0.3) is 5.91 Å². The van der Waals surface area contributed by atoms with E-state index in [-0.39, 0.29) is 11.9 Å². The molecule has 3 rings (SSSR count). The SMILES string of the molecule is C=Cc1cc(C(=O)N2CCN(c3cc(C)nc(N)n3)CC2)[nH]c1C=C. The summed E-state index contributed by atoms with van der Waals surface area (Å²) in [6.07, 6.45) is 3.40. The second kappa shape index (κ2) is 6.80. The summed E-state index contributed by atoms with van der Waals surface area (Å²) in [4.78, 5) is 28.1. The molecule has 0 aliphatic carbocycles. The molecule has 7 nitrogen and oxygen atoms in total. The molecule has 2 aromatic rings. The fraction of sp³-hybridized carbons (Fsp3) is 0.278. The van der Waals surface area contributed by atoms with Crippen LogP contribution in [0.1, 0.15) is 27.4 Å². The molecule has 7 heteroatoms. The van der Waals surface area contributed by atoms with E-state index in [9.17, 15) is 4.79 Å². The molecule has 0 bridgehead atoms. The fourth-order valence-electron chi connectivity index (χ4n) is 2.98. The van der Waals surface area contributed by atoms with Gasteiger partial charge in [0, 0.05) is 43.6 Å². The third kappa shape index (κ3) is 3.40. The lowest BCUT2D eigenvalue weighted by Crippen LogP contribution is -2.49. The molecule has 1 aliphatic rings. The zero-order valence-corrected chi connectivity index (χ0v) is 14.3. The highest BCUT2D eigenvalue weighted by molar-refractivity contribution is 5.94. The smallest absolute Gasteiger partial charge is 0.270 e. The molecule has 1 saturated heterocycles. The number of nitrogens with two attached hydrogens (primary N) is 1. The van der Waals surface area contributed by atoms with Gasteiger partial charge in [-0.3, -0.25) is 4.79 Å². The zero-order valence-electron chi connectivity index (χ0n) is 14.3. The molecule has 3 N–H and O–H groups in total. The molecular formula is C18H22N6O. The molecule has 0 radical (unpaired) electrons. The first-order valence-electron chi connectivity index (χ1n) is 8.15. The van der Waals surface area contributed by atoms with Gasteiger partial charge >= 0.3 is 0 Å². The van der Waals surface area contributed by atoms with Gasteiger partial charge in [-0.05, 0) is 24.6 Å². The van der Waals surface area contributed by atoms with E-state index in [1.165, 1.54) is 0 Å². The van der Waals surface area contributed by atoms with Crippen molar-refractivity contribution in [3.05, 3.63) is 47.9 Å². The Morgan fingerprint density at radius 3 is 2.48 bits per heavy atom. The third-order valence-corrected chi connectivity index (χ3v) is 4.28. The molecule has 1 aliphatic heterocycles. The molecule has 3 heterocycles. The Hall–Kier alpha value is -3.09. The molecule has 0 spiro atoms. The van der Waals surface area contributed by atoms with Gasteiger partial charge in [0.15, 0.2) is 0 Å². The predicted octanol–water partition coefficient (Wildman–Crippen LogP) is 1.94. The van der Waals surface area contributed by atoms with Crippen LogP contribution in [0.5, 0.6) is 0 Å². The number of piperazine rings is 1. The van der Waals surface area contributed by atoms with Crippen molar-refractivity contribution >= 4 is 29.8 Å². The Morgan fingerprint density at radius 2 is 1.92 bits per heavy atom. The number of aryl methyl sites for hydroxylation is 1. The predicted molar refractivity (Wildman–Crippen MR) is 100 cm³/mol. The third-order valence-electron chi connectivity index (χ3n) is 4.28. The van der Waals surface area contributed by atoms with Crippen LogP contribution >= 0.6 is 0 Å². The summed E-state index contributed by atoms with van der Waals surface area (Å²) in [6, 6.07) is 3.72. The molecule has 25 heavy (non-hydrogen) atoms. The normalized spacial score (nSPS) is 14.4. The number of nitrogen functional groups attached to an aromatic ring is 1. The van der Waals surface area contributed by atoms with Crippen molar-refractivity contribution in [2.24, 2.45) is 0 Å². The average molecular weight is 338 g/mol. The van der Waals surface area contributed by atoms with E-state index in [1.54, 1.807) is 12.2 Å². The van der Waals surface area contributed by atoms with Crippen molar-refractivity contribution in [3.8, 4) is 0 Å². The molecule has 130 valence electrons. The first-order valence-corrected chi connectivity index (χ1v) is 8.15. The number of aromatic amines is 1. The van der Waals surface area contributed by atoms with E-state index in [0.717, 1.165) is 22.8 Å². The number of hydrogen-bond donors (Lipinski definition) is 2. The minimum atomic E-state index is -0.0192. The maximum atomic E-state index is 12.7. The van der Waals surface area contributed by atoms with Crippen LogP contribution in [0.4, 0.5) is 11.8 Å². The van der Waals surface area contributed by atoms with Crippen LogP contribution in [-0.2, 0) is 0 Å². The number of anilines is 2.